The van der Waals surface area contributed by atoms with Crippen LogP contribution in [0.4, 0.5) is 0 Å². The van der Waals surface area contributed by atoms with Gasteiger partial charge in [-0.15, -0.1) is 0 Å². The molecule has 0 unspecified atom stereocenters. The van der Waals surface area contributed by atoms with Gasteiger partial charge in [-0.3, -0.25) is 9.78 Å². The smallest absolute Gasteiger partial charge is 0.308 e. The van der Waals surface area contributed by atoms with Gasteiger partial charge in [0.25, 0.3) is 0 Å². The van der Waals surface area contributed by atoms with Gasteiger partial charge in [-0.25, -0.2) is 0 Å². The minimum atomic E-state index is -0.116. The number of aryl methyl sites for hydroxylation is 1. The Bertz CT molecular complexity index is 419. The fourth-order valence-electron chi connectivity index (χ4n) is 2.35. The van der Waals surface area contributed by atoms with E-state index in [4.69, 9.17) is 9.47 Å². The van der Waals surface area contributed by atoms with Gasteiger partial charge in [-0.05, 0) is 43.9 Å². The first-order valence-electron chi connectivity index (χ1n) is 6.30. The Morgan fingerprint density at radius 2 is 2.33 bits per heavy atom. The third-order valence-electron chi connectivity index (χ3n) is 3.36. The zero-order valence-corrected chi connectivity index (χ0v) is 10.9. The molecule has 0 spiro atoms. The lowest BCUT2D eigenvalue weighted by atomic mass is 10.1. The molecule has 0 aromatic carbocycles. The average molecular weight is 249 g/mol. The SMILES string of the molecule is COC(=O)[C@H]1CC[C@H](OCc2cc(C)ccn2)C1. The molecule has 4 heteroatoms. The van der Waals surface area contributed by atoms with Crippen molar-refractivity contribution in [3.05, 3.63) is 29.6 Å². The van der Waals surface area contributed by atoms with Crippen molar-refractivity contribution < 1.29 is 14.3 Å². The summed E-state index contributed by atoms with van der Waals surface area (Å²) in [6.07, 6.45) is 4.49. The van der Waals surface area contributed by atoms with E-state index in [1.165, 1.54) is 12.7 Å². The highest BCUT2D eigenvalue weighted by atomic mass is 16.5. The molecule has 1 aromatic rings. The second kappa shape index (κ2) is 5.96. The van der Waals surface area contributed by atoms with Crippen molar-refractivity contribution in [2.75, 3.05) is 7.11 Å². The van der Waals surface area contributed by atoms with Crippen LogP contribution in [0, 0.1) is 12.8 Å². The van der Waals surface area contributed by atoms with Crippen molar-refractivity contribution in [1.82, 2.24) is 4.98 Å². The number of aromatic nitrogens is 1. The maximum absolute atomic E-state index is 11.4. The number of nitrogens with zero attached hydrogens (tertiary/aromatic N) is 1. The van der Waals surface area contributed by atoms with E-state index in [1.54, 1.807) is 6.20 Å². The van der Waals surface area contributed by atoms with Crippen LogP contribution in [0.25, 0.3) is 0 Å². The molecule has 0 N–H and O–H groups in total. The molecule has 0 bridgehead atoms. The molecular formula is C14H19NO3. The summed E-state index contributed by atoms with van der Waals surface area (Å²) in [5.74, 6) is -0.111. The number of carbonyl (C=O) groups excluding carboxylic acids is 1. The molecule has 1 fully saturated rings. The Hall–Kier alpha value is -1.42. The summed E-state index contributed by atoms with van der Waals surface area (Å²) in [6.45, 7) is 2.55. The predicted octanol–water partition coefficient (Wildman–Crippen LogP) is 2.25. The Balaban J connectivity index is 1.80. The summed E-state index contributed by atoms with van der Waals surface area (Å²) in [5, 5.41) is 0. The zero-order valence-electron chi connectivity index (χ0n) is 10.9. The van der Waals surface area contributed by atoms with Crippen molar-refractivity contribution in [1.29, 1.82) is 0 Å². The molecule has 1 saturated carbocycles. The third kappa shape index (κ3) is 3.29. The number of hydrogen-bond donors (Lipinski definition) is 0. The summed E-state index contributed by atoms with van der Waals surface area (Å²) < 4.78 is 10.6. The first-order chi connectivity index (χ1) is 8.69. The Morgan fingerprint density at radius 1 is 1.50 bits per heavy atom. The molecule has 18 heavy (non-hydrogen) atoms. The highest BCUT2D eigenvalue weighted by Gasteiger charge is 2.31. The summed E-state index contributed by atoms with van der Waals surface area (Å²) in [7, 11) is 1.44. The molecule has 1 aromatic heterocycles. The van der Waals surface area contributed by atoms with E-state index in [9.17, 15) is 4.79 Å². The topological polar surface area (TPSA) is 48.4 Å². The molecule has 1 heterocycles. The van der Waals surface area contributed by atoms with E-state index in [0.717, 1.165) is 25.0 Å². The zero-order chi connectivity index (χ0) is 13.0. The molecule has 98 valence electrons. The Labute approximate surface area is 107 Å². The molecule has 1 aliphatic carbocycles. The van der Waals surface area contributed by atoms with E-state index >= 15 is 0 Å². The fourth-order valence-corrected chi connectivity index (χ4v) is 2.35. The number of carbonyl (C=O) groups is 1. The van der Waals surface area contributed by atoms with Crippen LogP contribution >= 0.6 is 0 Å². The van der Waals surface area contributed by atoms with Crippen molar-refractivity contribution in [2.24, 2.45) is 5.92 Å². The Morgan fingerprint density at radius 3 is 3.06 bits per heavy atom. The number of methoxy groups -OCH3 is 1. The van der Waals surface area contributed by atoms with Crippen molar-refractivity contribution in [2.45, 2.75) is 38.9 Å². The van der Waals surface area contributed by atoms with Crippen LogP contribution in [-0.2, 0) is 20.9 Å². The van der Waals surface area contributed by atoms with Crippen molar-refractivity contribution in [3.63, 3.8) is 0 Å². The largest absolute Gasteiger partial charge is 0.469 e. The maximum Gasteiger partial charge on any atom is 0.308 e. The van der Waals surface area contributed by atoms with Gasteiger partial charge in [0.05, 0.1) is 31.4 Å². The maximum atomic E-state index is 11.4. The van der Waals surface area contributed by atoms with Gasteiger partial charge >= 0.3 is 5.97 Å². The lowest BCUT2D eigenvalue weighted by molar-refractivity contribution is -0.145. The predicted molar refractivity (Wildman–Crippen MR) is 66.9 cm³/mol. The molecule has 0 radical (unpaired) electrons. The van der Waals surface area contributed by atoms with Crippen molar-refractivity contribution in [3.8, 4) is 0 Å². The lowest BCUT2D eigenvalue weighted by Crippen LogP contribution is -2.15. The van der Waals surface area contributed by atoms with Gasteiger partial charge in [0.15, 0.2) is 0 Å². The fraction of sp³-hybridized carbons (Fsp3) is 0.571. The molecule has 2 atom stereocenters. The summed E-state index contributed by atoms with van der Waals surface area (Å²) in [6, 6.07) is 3.99. The van der Waals surface area contributed by atoms with Crippen LogP contribution in [0.15, 0.2) is 18.3 Å². The lowest BCUT2D eigenvalue weighted by Gasteiger charge is -2.11. The number of pyridine rings is 1. The number of rotatable bonds is 4. The van der Waals surface area contributed by atoms with E-state index < -0.39 is 0 Å². The third-order valence-corrected chi connectivity index (χ3v) is 3.36. The van der Waals surface area contributed by atoms with Crippen LogP contribution in [0.3, 0.4) is 0 Å². The Kier molecular flexibility index (Phi) is 4.31. The molecule has 1 aliphatic rings. The molecule has 0 amide bonds. The van der Waals surface area contributed by atoms with E-state index in [2.05, 4.69) is 4.98 Å². The first kappa shape index (κ1) is 13.0. The monoisotopic (exact) mass is 249 g/mol. The number of esters is 1. The van der Waals surface area contributed by atoms with Gasteiger partial charge in [0.1, 0.15) is 0 Å². The van der Waals surface area contributed by atoms with Gasteiger partial charge in [0, 0.05) is 6.20 Å². The summed E-state index contributed by atoms with van der Waals surface area (Å²) in [4.78, 5) is 15.6. The molecule has 4 nitrogen and oxygen atoms in total. The highest BCUT2D eigenvalue weighted by molar-refractivity contribution is 5.72. The first-order valence-corrected chi connectivity index (χ1v) is 6.30. The highest BCUT2D eigenvalue weighted by Crippen LogP contribution is 2.29. The average Bonchev–Trinajstić information content (AvgIpc) is 2.84. The van der Waals surface area contributed by atoms with E-state index in [-0.39, 0.29) is 18.0 Å². The molecular weight excluding hydrogens is 230 g/mol. The van der Waals surface area contributed by atoms with Crippen molar-refractivity contribution >= 4 is 5.97 Å². The van der Waals surface area contributed by atoms with Crippen LogP contribution in [0.5, 0.6) is 0 Å². The van der Waals surface area contributed by atoms with E-state index in [0.29, 0.717) is 6.61 Å². The van der Waals surface area contributed by atoms with Crippen LogP contribution in [0.2, 0.25) is 0 Å². The van der Waals surface area contributed by atoms with Crippen LogP contribution < -0.4 is 0 Å². The standard InChI is InChI=1S/C14H19NO3/c1-10-5-6-15-12(7-10)9-18-13-4-3-11(8-13)14(16)17-2/h5-7,11,13H,3-4,8-9H2,1-2H3/t11-,13-/m0/s1. The molecule has 2 rings (SSSR count). The quantitative estimate of drug-likeness (QED) is 0.768. The number of ether oxygens (including phenoxy) is 2. The molecule has 0 saturated heterocycles. The van der Waals surface area contributed by atoms with Gasteiger partial charge in [-0.2, -0.15) is 0 Å². The molecule has 0 aliphatic heterocycles. The van der Waals surface area contributed by atoms with Crippen LogP contribution in [-0.4, -0.2) is 24.2 Å². The van der Waals surface area contributed by atoms with Crippen LogP contribution in [0.1, 0.15) is 30.5 Å². The minimum Gasteiger partial charge on any atom is -0.469 e. The second-order valence-corrected chi connectivity index (χ2v) is 4.79. The summed E-state index contributed by atoms with van der Waals surface area (Å²) >= 11 is 0. The number of hydrogen-bond acceptors (Lipinski definition) is 4. The van der Waals surface area contributed by atoms with Gasteiger partial charge in [-0.1, -0.05) is 0 Å². The normalized spacial score (nSPS) is 23.0. The van der Waals surface area contributed by atoms with Gasteiger partial charge < -0.3 is 9.47 Å². The summed E-state index contributed by atoms with van der Waals surface area (Å²) in [5.41, 5.74) is 2.12. The second-order valence-electron chi connectivity index (χ2n) is 4.79. The minimum absolute atomic E-state index is 0.00506. The van der Waals surface area contributed by atoms with E-state index in [1.807, 2.05) is 19.1 Å². The van der Waals surface area contributed by atoms with Gasteiger partial charge in [0.2, 0.25) is 0 Å².